The summed E-state index contributed by atoms with van der Waals surface area (Å²) in [5, 5.41) is 0. The zero-order valence-corrected chi connectivity index (χ0v) is 9.77. The monoisotopic (exact) mass is 227 g/mol. The first-order valence-electron chi connectivity index (χ1n) is 5.45. The molecule has 0 saturated carbocycles. The van der Waals surface area contributed by atoms with Gasteiger partial charge in [0.1, 0.15) is 17.2 Å². The molecule has 3 aromatic rings. The molecule has 0 unspecified atom stereocenters. The minimum atomic E-state index is 0.724. The minimum Gasteiger partial charge on any atom is -0.466 e. The van der Waals surface area contributed by atoms with Crippen molar-refractivity contribution in [3.63, 3.8) is 0 Å². The van der Waals surface area contributed by atoms with Crippen molar-refractivity contribution in [2.24, 2.45) is 0 Å². The number of rotatable bonds is 1. The molecule has 17 heavy (non-hydrogen) atoms. The van der Waals surface area contributed by atoms with Crippen molar-refractivity contribution in [3.05, 3.63) is 42.1 Å². The normalized spacial score (nSPS) is 11.2. The van der Waals surface area contributed by atoms with Crippen molar-refractivity contribution in [3.8, 4) is 11.3 Å². The van der Waals surface area contributed by atoms with Gasteiger partial charge < -0.3 is 14.6 Å². The first-order chi connectivity index (χ1) is 8.13. The molecule has 0 atom stereocenters. The van der Waals surface area contributed by atoms with E-state index in [1.807, 2.05) is 48.8 Å². The summed E-state index contributed by atoms with van der Waals surface area (Å²) < 4.78 is 7.44. The van der Waals surface area contributed by atoms with Gasteiger partial charge in [-0.15, -0.1) is 0 Å². The van der Waals surface area contributed by atoms with E-state index in [9.17, 15) is 0 Å². The Bertz CT molecular complexity index is 694. The summed E-state index contributed by atoms with van der Waals surface area (Å²) in [5.74, 6) is 1.79. The van der Waals surface area contributed by atoms with E-state index in [0.29, 0.717) is 0 Å². The lowest BCUT2D eigenvalue weighted by atomic mass is 10.2. The fraction of sp³-hybridized carbons (Fsp3) is 0.154. The topological polar surface area (TPSA) is 56.5 Å². The van der Waals surface area contributed by atoms with Gasteiger partial charge in [-0.3, -0.25) is 0 Å². The SMILES string of the molecule is Cc1cc(-c2cn3cc(N)ccc3n2)c(C)o1. The first kappa shape index (κ1) is 9.96. The number of nitrogens with two attached hydrogens (primary N) is 1. The van der Waals surface area contributed by atoms with E-state index in [1.165, 1.54) is 0 Å². The number of pyridine rings is 1. The Labute approximate surface area is 98.7 Å². The molecule has 2 N–H and O–H groups in total. The summed E-state index contributed by atoms with van der Waals surface area (Å²) in [7, 11) is 0. The number of anilines is 1. The average Bonchev–Trinajstić information content (AvgIpc) is 2.80. The lowest BCUT2D eigenvalue weighted by molar-refractivity contribution is 0.505. The third-order valence-corrected chi connectivity index (χ3v) is 2.79. The summed E-state index contributed by atoms with van der Waals surface area (Å²) in [4.78, 5) is 4.55. The highest BCUT2D eigenvalue weighted by Gasteiger charge is 2.10. The summed E-state index contributed by atoms with van der Waals surface area (Å²) in [6.07, 6.45) is 3.82. The predicted octanol–water partition coefficient (Wildman–Crippen LogP) is 2.79. The predicted molar refractivity (Wildman–Crippen MR) is 66.8 cm³/mol. The Hall–Kier alpha value is -2.23. The molecule has 0 saturated heterocycles. The highest BCUT2D eigenvalue weighted by molar-refractivity contribution is 5.65. The fourth-order valence-corrected chi connectivity index (χ4v) is 2.02. The summed E-state index contributed by atoms with van der Waals surface area (Å²) in [5.41, 5.74) is 9.28. The van der Waals surface area contributed by atoms with Crippen LogP contribution in [0.2, 0.25) is 0 Å². The molecule has 0 fully saturated rings. The second kappa shape index (κ2) is 3.38. The zero-order valence-electron chi connectivity index (χ0n) is 9.77. The number of nitrogens with zero attached hydrogens (tertiary/aromatic N) is 2. The van der Waals surface area contributed by atoms with Crippen LogP contribution in [0.1, 0.15) is 11.5 Å². The lowest BCUT2D eigenvalue weighted by Gasteiger charge is -1.93. The Balaban J connectivity index is 2.21. The van der Waals surface area contributed by atoms with Crippen molar-refractivity contribution in [2.75, 3.05) is 5.73 Å². The fourth-order valence-electron chi connectivity index (χ4n) is 2.02. The van der Waals surface area contributed by atoms with E-state index in [-0.39, 0.29) is 0 Å². The van der Waals surface area contributed by atoms with Crippen LogP contribution in [0, 0.1) is 13.8 Å². The number of aryl methyl sites for hydroxylation is 2. The molecule has 4 nitrogen and oxygen atoms in total. The van der Waals surface area contributed by atoms with Crippen LogP contribution in [0.15, 0.2) is 35.0 Å². The van der Waals surface area contributed by atoms with E-state index in [0.717, 1.165) is 34.1 Å². The maximum atomic E-state index is 5.74. The lowest BCUT2D eigenvalue weighted by Crippen LogP contribution is -1.88. The number of aromatic nitrogens is 2. The molecule has 0 spiro atoms. The average molecular weight is 227 g/mol. The van der Waals surface area contributed by atoms with E-state index in [4.69, 9.17) is 10.2 Å². The molecule has 0 aliphatic carbocycles. The Morgan fingerprint density at radius 3 is 2.76 bits per heavy atom. The highest BCUT2D eigenvalue weighted by atomic mass is 16.3. The molecule has 0 bridgehead atoms. The zero-order chi connectivity index (χ0) is 12.0. The van der Waals surface area contributed by atoms with E-state index < -0.39 is 0 Å². The van der Waals surface area contributed by atoms with Crippen molar-refractivity contribution < 1.29 is 4.42 Å². The maximum absolute atomic E-state index is 5.74. The van der Waals surface area contributed by atoms with Crippen molar-refractivity contribution in [1.82, 2.24) is 9.38 Å². The summed E-state index contributed by atoms with van der Waals surface area (Å²) in [6.45, 7) is 3.88. The van der Waals surface area contributed by atoms with Crippen LogP contribution in [0.5, 0.6) is 0 Å². The van der Waals surface area contributed by atoms with Gasteiger partial charge >= 0.3 is 0 Å². The molecule has 0 aliphatic heterocycles. The smallest absolute Gasteiger partial charge is 0.137 e. The van der Waals surface area contributed by atoms with Gasteiger partial charge in [0.15, 0.2) is 0 Å². The van der Waals surface area contributed by atoms with E-state index >= 15 is 0 Å². The van der Waals surface area contributed by atoms with Gasteiger partial charge in [-0.05, 0) is 32.0 Å². The van der Waals surface area contributed by atoms with Crippen LogP contribution >= 0.6 is 0 Å². The van der Waals surface area contributed by atoms with Crippen LogP contribution in [0.4, 0.5) is 5.69 Å². The van der Waals surface area contributed by atoms with Crippen LogP contribution < -0.4 is 5.73 Å². The second-order valence-electron chi connectivity index (χ2n) is 4.18. The van der Waals surface area contributed by atoms with E-state index in [2.05, 4.69) is 4.98 Å². The maximum Gasteiger partial charge on any atom is 0.137 e. The molecule has 3 heterocycles. The van der Waals surface area contributed by atoms with Gasteiger partial charge in [-0.1, -0.05) is 0 Å². The molecule has 3 aromatic heterocycles. The molecule has 3 rings (SSSR count). The molecule has 0 amide bonds. The first-order valence-corrected chi connectivity index (χ1v) is 5.45. The van der Waals surface area contributed by atoms with Gasteiger partial charge in [0.25, 0.3) is 0 Å². The van der Waals surface area contributed by atoms with Gasteiger partial charge in [0.2, 0.25) is 0 Å². The van der Waals surface area contributed by atoms with E-state index in [1.54, 1.807) is 0 Å². The van der Waals surface area contributed by atoms with Crippen LogP contribution in [-0.4, -0.2) is 9.38 Å². The van der Waals surface area contributed by atoms with Crippen LogP contribution in [-0.2, 0) is 0 Å². The summed E-state index contributed by atoms with van der Waals surface area (Å²) >= 11 is 0. The van der Waals surface area contributed by atoms with Crippen LogP contribution in [0.25, 0.3) is 16.9 Å². The number of hydrogen-bond acceptors (Lipinski definition) is 3. The third kappa shape index (κ3) is 1.58. The number of furan rings is 1. The second-order valence-corrected chi connectivity index (χ2v) is 4.18. The van der Waals surface area contributed by atoms with Crippen molar-refractivity contribution >= 4 is 11.3 Å². The quantitative estimate of drug-likeness (QED) is 0.695. The third-order valence-electron chi connectivity index (χ3n) is 2.79. The highest BCUT2D eigenvalue weighted by Crippen LogP contribution is 2.26. The Kier molecular flexibility index (Phi) is 1.98. The molecule has 4 heteroatoms. The molecule has 0 aliphatic rings. The largest absolute Gasteiger partial charge is 0.466 e. The molecule has 86 valence electrons. The van der Waals surface area contributed by atoms with Crippen molar-refractivity contribution in [1.29, 1.82) is 0 Å². The van der Waals surface area contributed by atoms with Gasteiger partial charge in [0, 0.05) is 23.6 Å². The van der Waals surface area contributed by atoms with Gasteiger partial charge in [-0.2, -0.15) is 0 Å². The number of nitrogen functional groups attached to an aromatic ring is 1. The minimum absolute atomic E-state index is 0.724. The standard InChI is InChI=1S/C13H13N3O/c1-8-5-11(9(2)17-8)12-7-16-6-10(14)3-4-13(16)15-12/h3-7H,14H2,1-2H3. The molecular weight excluding hydrogens is 214 g/mol. The van der Waals surface area contributed by atoms with Crippen LogP contribution in [0.3, 0.4) is 0 Å². The molecular formula is C13H13N3O. The van der Waals surface area contributed by atoms with Gasteiger partial charge in [-0.25, -0.2) is 4.98 Å². The summed E-state index contributed by atoms with van der Waals surface area (Å²) in [6, 6.07) is 5.75. The number of imidazole rings is 1. The molecule has 0 aromatic carbocycles. The van der Waals surface area contributed by atoms with Crippen molar-refractivity contribution in [2.45, 2.75) is 13.8 Å². The number of hydrogen-bond donors (Lipinski definition) is 1. The number of fused-ring (bicyclic) bond motifs is 1. The molecule has 0 radical (unpaired) electrons. The Morgan fingerprint density at radius 1 is 1.24 bits per heavy atom. The van der Waals surface area contributed by atoms with Gasteiger partial charge in [0.05, 0.1) is 5.69 Å². The Morgan fingerprint density at radius 2 is 2.06 bits per heavy atom.